The van der Waals surface area contributed by atoms with Crippen molar-refractivity contribution in [3.05, 3.63) is 35.9 Å². The fourth-order valence-electron chi connectivity index (χ4n) is 2.95. The summed E-state index contributed by atoms with van der Waals surface area (Å²) in [4.78, 5) is 14.2. The molecule has 1 aromatic rings. The lowest BCUT2D eigenvalue weighted by molar-refractivity contribution is -0.131. The van der Waals surface area contributed by atoms with Gasteiger partial charge in [0.2, 0.25) is 5.91 Å². The van der Waals surface area contributed by atoms with Gasteiger partial charge in [-0.05, 0) is 24.9 Å². The molecule has 1 aromatic carbocycles. The summed E-state index contributed by atoms with van der Waals surface area (Å²) in [5.74, 6) is 0.568. The van der Waals surface area contributed by atoms with E-state index in [1.807, 2.05) is 23.1 Å². The van der Waals surface area contributed by atoms with E-state index in [-0.39, 0.29) is 5.92 Å². The van der Waals surface area contributed by atoms with Gasteiger partial charge in [0.15, 0.2) is 0 Å². The van der Waals surface area contributed by atoms with E-state index >= 15 is 0 Å². The second kappa shape index (κ2) is 4.49. The zero-order chi connectivity index (χ0) is 11.7. The molecule has 0 unspecified atom stereocenters. The molecule has 2 aliphatic heterocycles. The molecule has 2 aliphatic rings. The highest BCUT2D eigenvalue weighted by Gasteiger charge is 2.40. The smallest absolute Gasteiger partial charge is 0.227 e. The van der Waals surface area contributed by atoms with Crippen LogP contribution in [0.2, 0.25) is 0 Å². The lowest BCUT2D eigenvalue weighted by Gasteiger charge is -2.23. The summed E-state index contributed by atoms with van der Waals surface area (Å²) in [5.41, 5.74) is 1.22. The van der Waals surface area contributed by atoms with Crippen molar-refractivity contribution in [1.82, 2.24) is 10.2 Å². The molecule has 1 N–H and O–H groups in total. The monoisotopic (exact) mass is 230 g/mol. The first-order valence-corrected chi connectivity index (χ1v) is 6.41. The van der Waals surface area contributed by atoms with Crippen LogP contribution in [0, 0.1) is 5.92 Å². The Kier molecular flexibility index (Phi) is 2.85. The van der Waals surface area contributed by atoms with Gasteiger partial charge in [0, 0.05) is 19.1 Å². The lowest BCUT2D eigenvalue weighted by Crippen LogP contribution is -2.41. The molecule has 3 heteroatoms. The fourth-order valence-corrected chi connectivity index (χ4v) is 2.95. The van der Waals surface area contributed by atoms with E-state index in [1.54, 1.807) is 0 Å². The van der Waals surface area contributed by atoms with Crippen molar-refractivity contribution < 1.29 is 4.79 Å². The Hall–Kier alpha value is -1.35. The van der Waals surface area contributed by atoms with Gasteiger partial charge < -0.3 is 10.2 Å². The molecular formula is C14H18N2O. The van der Waals surface area contributed by atoms with Crippen molar-refractivity contribution in [2.24, 2.45) is 5.92 Å². The summed E-state index contributed by atoms with van der Waals surface area (Å²) in [6, 6.07) is 10.6. The Balaban J connectivity index is 1.71. The Labute approximate surface area is 102 Å². The maximum atomic E-state index is 12.2. The minimum atomic E-state index is 0.229. The van der Waals surface area contributed by atoms with Crippen molar-refractivity contribution in [2.45, 2.75) is 25.4 Å². The fraction of sp³-hybridized carbons (Fsp3) is 0.500. The normalized spacial score (nSPS) is 28.2. The molecule has 0 bridgehead atoms. The Bertz CT molecular complexity index is 404. The minimum Gasteiger partial charge on any atom is -0.336 e. The van der Waals surface area contributed by atoms with Gasteiger partial charge in [-0.2, -0.15) is 0 Å². The van der Waals surface area contributed by atoms with E-state index in [4.69, 9.17) is 0 Å². The van der Waals surface area contributed by atoms with E-state index in [0.717, 1.165) is 32.5 Å². The third-order valence-electron chi connectivity index (χ3n) is 3.85. The van der Waals surface area contributed by atoms with Gasteiger partial charge in [0.1, 0.15) is 0 Å². The van der Waals surface area contributed by atoms with Gasteiger partial charge in [0.25, 0.3) is 0 Å². The number of piperidine rings is 1. The molecule has 17 heavy (non-hydrogen) atoms. The molecule has 0 spiro atoms. The Morgan fingerprint density at radius 3 is 2.88 bits per heavy atom. The largest absolute Gasteiger partial charge is 0.336 e. The first-order valence-electron chi connectivity index (χ1n) is 6.41. The van der Waals surface area contributed by atoms with Crippen molar-refractivity contribution >= 4 is 5.91 Å². The molecular weight excluding hydrogens is 212 g/mol. The molecule has 0 aromatic heterocycles. The maximum absolute atomic E-state index is 12.2. The molecule has 0 radical (unpaired) electrons. The second-order valence-corrected chi connectivity index (χ2v) is 5.01. The zero-order valence-corrected chi connectivity index (χ0v) is 9.93. The van der Waals surface area contributed by atoms with Crippen LogP contribution in [0.5, 0.6) is 0 Å². The van der Waals surface area contributed by atoms with Gasteiger partial charge >= 0.3 is 0 Å². The number of likely N-dealkylation sites (tertiary alicyclic amines) is 1. The first-order chi connectivity index (χ1) is 8.34. The number of rotatable bonds is 2. The standard InChI is InChI=1S/C14H18N2O/c17-14-12-7-4-8-15-13(12)10-16(14)9-11-5-2-1-3-6-11/h1-3,5-6,12-13,15H,4,7-10H2/t12-,13-/m1/s1. The summed E-state index contributed by atoms with van der Waals surface area (Å²) in [5, 5.41) is 3.46. The van der Waals surface area contributed by atoms with E-state index in [9.17, 15) is 4.79 Å². The molecule has 90 valence electrons. The first kappa shape index (κ1) is 10.8. The van der Waals surface area contributed by atoms with Gasteiger partial charge in [-0.25, -0.2) is 0 Å². The quantitative estimate of drug-likeness (QED) is 0.833. The molecule has 2 atom stereocenters. The SMILES string of the molecule is O=C1[C@@H]2CCCN[C@@H]2CN1Cc1ccccc1. The maximum Gasteiger partial charge on any atom is 0.227 e. The van der Waals surface area contributed by atoms with Gasteiger partial charge in [-0.1, -0.05) is 30.3 Å². The number of nitrogens with zero attached hydrogens (tertiary/aromatic N) is 1. The molecule has 2 saturated heterocycles. The summed E-state index contributed by atoms with van der Waals surface area (Å²) < 4.78 is 0. The predicted molar refractivity (Wildman–Crippen MR) is 66.4 cm³/mol. The van der Waals surface area contributed by atoms with E-state index < -0.39 is 0 Å². The molecule has 3 rings (SSSR count). The topological polar surface area (TPSA) is 32.3 Å². The van der Waals surface area contributed by atoms with Crippen LogP contribution in [0.4, 0.5) is 0 Å². The number of nitrogens with one attached hydrogen (secondary N) is 1. The highest BCUT2D eigenvalue weighted by Crippen LogP contribution is 2.27. The average molecular weight is 230 g/mol. The van der Waals surface area contributed by atoms with Crippen LogP contribution in [-0.4, -0.2) is 29.9 Å². The molecule has 2 fully saturated rings. The van der Waals surface area contributed by atoms with Crippen LogP contribution in [0.25, 0.3) is 0 Å². The molecule has 3 nitrogen and oxygen atoms in total. The Morgan fingerprint density at radius 2 is 2.12 bits per heavy atom. The van der Waals surface area contributed by atoms with Crippen LogP contribution in [-0.2, 0) is 11.3 Å². The van der Waals surface area contributed by atoms with Crippen LogP contribution in [0.1, 0.15) is 18.4 Å². The highest BCUT2D eigenvalue weighted by atomic mass is 16.2. The highest BCUT2D eigenvalue weighted by molar-refractivity contribution is 5.82. The molecule has 0 aliphatic carbocycles. The van der Waals surface area contributed by atoms with Crippen molar-refractivity contribution in [2.75, 3.05) is 13.1 Å². The summed E-state index contributed by atoms with van der Waals surface area (Å²) >= 11 is 0. The van der Waals surface area contributed by atoms with Gasteiger partial charge in [0.05, 0.1) is 5.92 Å². The summed E-state index contributed by atoms with van der Waals surface area (Å²) in [6.07, 6.45) is 2.19. The van der Waals surface area contributed by atoms with Crippen LogP contribution in [0.15, 0.2) is 30.3 Å². The lowest BCUT2D eigenvalue weighted by atomic mass is 9.94. The second-order valence-electron chi connectivity index (χ2n) is 5.01. The van der Waals surface area contributed by atoms with Crippen LogP contribution >= 0.6 is 0 Å². The number of carbonyl (C=O) groups is 1. The van der Waals surface area contributed by atoms with Crippen LogP contribution in [0.3, 0.4) is 0 Å². The van der Waals surface area contributed by atoms with Gasteiger partial charge in [-0.3, -0.25) is 4.79 Å². The number of hydrogen-bond donors (Lipinski definition) is 1. The number of hydrogen-bond acceptors (Lipinski definition) is 2. The van der Waals surface area contributed by atoms with E-state index in [2.05, 4.69) is 17.4 Å². The average Bonchev–Trinajstić information content (AvgIpc) is 2.68. The number of fused-ring (bicyclic) bond motifs is 1. The van der Waals surface area contributed by atoms with Crippen LogP contribution < -0.4 is 5.32 Å². The predicted octanol–water partition coefficient (Wildman–Crippen LogP) is 1.40. The van der Waals surface area contributed by atoms with Crippen molar-refractivity contribution in [3.8, 4) is 0 Å². The Morgan fingerprint density at radius 1 is 1.29 bits per heavy atom. The number of benzene rings is 1. The zero-order valence-electron chi connectivity index (χ0n) is 9.93. The summed E-state index contributed by atoms with van der Waals surface area (Å²) in [6.45, 7) is 2.69. The number of carbonyl (C=O) groups excluding carboxylic acids is 1. The summed E-state index contributed by atoms with van der Waals surface area (Å²) in [7, 11) is 0. The van der Waals surface area contributed by atoms with Crippen molar-refractivity contribution in [1.29, 1.82) is 0 Å². The third-order valence-corrected chi connectivity index (χ3v) is 3.85. The third kappa shape index (κ3) is 2.07. The van der Waals surface area contributed by atoms with E-state index in [1.165, 1.54) is 5.56 Å². The minimum absolute atomic E-state index is 0.229. The van der Waals surface area contributed by atoms with Gasteiger partial charge in [-0.15, -0.1) is 0 Å². The van der Waals surface area contributed by atoms with E-state index in [0.29, 0.717) is 11.9 Å². The molecule has 1 amide bonds. The molecule has 0 saturated carbocycles. The number of amides is 1. The van der Waals surface area contributed by atoms with Crippen molar-refractivity contribution in [3.63, 3.8) is 0 Å². The molecule has 2 heterocycles.